The molecule has 1 aromatic heterocycles. The van der Waals surface area contributed by atoms with Crippen molar-refractivity contribution < 1.29 is 27.2 Å². The van der Waals surface area contributed by atoms with Crippen LogP contribution >= 0.6 is 11.8 Å². The second-order valence-electron chi connectivity index (χ2n) is 5.47. The minimum absolute atomic E-state index is 0.181. The van der Waals surface area contributed by atoms with Crippen LogP contribution in [0.25, 0.3) is 0 Å². The van der Waals surface area contributed by atoms with Gasteiger partial charge in [-0.1, -0.05) is 11.8 Å². The van der Waals surface area contributed by atoms with E-state index in [4.69, 9.17) is 0 Å². The number of Topliss-reactive ketones (excluding diaryl/α,β-unsaturated/α-hetero) is 1. The SMILES string of the molecule is O=C1CCc2cc(C(=O)CSc3nccc(C(F)(F)F)n3)c(F)cc2N1. The molecule has 2 heterocycles. The number of amides is 1. The van der Waals surface area contributed by atoms with Gasteiger partial charge in [0.05, 0.1) is 11.3 Å². The molecule has 1 N–H and O–H groups in total. The maximum absolute atomic E-state index is 14.1. The first kappa shape index (κ1) is 18.3. The van der Waals surface area contributed by atoms with E-state index in [2.05, 4.69) is 15.3 Å². The third-order valence-electron chi connectivity index (χ3n) is 3.65. The third kappa shape index (κ3) is 4.01. The maximum Gasteiger partial charge on any atom is 0.433 e. The molecule has 1 amide bonds. The number of nitrogens with zero attached hydrogens (tertiary/aromatic N) is 2. The second kappa shape index (κ2) is 7.02. The molecule has 10 heteroatoms. The van der Waals surface area contributed by atoms with Crippen molar-refractivity contribution in [2.45, 2.75) is 24.2 Å². The van der Waals surface area contributed by atoms with Crippen molar-refractivity contribution >= 4 is 29.1 Å². The zero-order valence-electron chi connectivity index (χ0n) is 13.1. The van der Waals surface area contributed by atoms with E-state index >= 15 is 0 Å². The summed E-state index contributed by atoms with van der Waals surface area (Å²) >= 11 is 0.692. The molecule has 1 aromatic carbocycles. The minimum atomic E-state index is -4.61. The Hall–Kier alpha value is -2.49. The van der Waals surface area contributed by atoms with Gasteiger partial charge in [-0.2, -0.15) is 13.2 Å². The van der Waals surface area contributed by atoms with Crippen LogP contribution < -0.4 is 5.32 Å². The standard InChI is InChI=1S/C16H11F4N3O2S/c17-10-6-11-8(1-2-14(25)22-11)5-9(10)12(24)7-26-15-21-4-3-13(23-15)16(18,19)20/h3-6H,1-2,7H2,(H,22,25). The van der Waals surface area contributed by atoms with E-state index in [1.165, 1.54) is 6.07 Å². The van der Waals surface area contributed by atoms with Crippen molar-refractivity contribution in [2.24, 2.45) is 0 Å². The van der Waals surface area contributed by atoms with Gasteiger partial charge in [-0.3, -0.25) is 9.59 Å². The Morgan fingerprint density at radius 1 is 1.27 bits per heavy atom. The number of hydrogen-bond donors (Lipinski definition) is 1. The lowest BCUT2D eigenvalue weighted by Crippen LogP contribution is -2.20. The fourth-order valence-electron chi connectivity index (χ4n) is 2.39. The third-order valence-corrected chi connectivity index (χ3v) is 4.51. The van der Waals surface area contributed by atoms with Crippen LogP contribution in [0.5, 0.6) is 0 Å². The average molecular weight is 385 g/mol. The fourth-order valence-corrected chi connectivity index (χ4v) is 3.11. The quantitative estimate of drug-likeness (QED) is 0.378. The van der Waals surface area contributed by atoms with Crippen LogP contribution in [-0.2, 0) is 17.4 Å². The highest BCUT2D eigenvalue weighted by Crippen LogP contribution is 2.29. The molecular weight excluding hydrogens is 374 g/mol. The molecule has 0 fully saturated rings. The van der Waals surface area contributed by atoms with E-state index in [0.29, 0.717) is 29.4 Å². The number of ketones is 1. The van der Waals surface area contributed by atoms with Crippen molar-refractivity contribution in [3.63, 3.8) is 0 Å². The van der Waals surface area contributed by atoms with Crippen molar-refractivity contribution in [1.82, 2.24) is 9.97 Å². The van der Waals surface area contributed by atoms with Gasteiger partial charge in [-0.05, 0) is 30.2 Å². The molecule has 136 valence electrons. The Labute approximate surface area is 149 Å². The van der Waals surface area contributed by atoms with Crippen LogP contribution in [0, 0.1) is 5.82 Å². The molecule has 0 atom stereocenters. The number of benzene rings is 1. The Balaban J connectivity index is 1.74. The Bertz CT molecular complexity index is 886. The van der Waals surface area contributed by atoms with Gasteiger partial charge in [0.1, 0.15) is 11.5 Å². The van der Waals surface area contributed by atoms with Crippen LogP contribution in [0.4, 0.5) is 23.2 Å². The lowest BCUT2D eigenvalue weighted by Gasteiger charge is -2.17. The second-order valence-corrected chi connectivity index (χ2v) is 6.41. The molecule has 0 spiro atoms. The maximum atomic E-state index is 14.1. The topological polar surface area (TPSA) is 72.0 Å². The normalized spacial score (nSPS) is 13.9. The van der Waals surface area contributed by atoms with E-state index in [0.717, 1.165) is 18.3 Å². The number of nitrogens with one attached hydrogen (secondary N) is 1. The monoisotopic (exact) mass is 385 g/mol. The van der Waals surface area contributed by atoms with Gasteiger partial charge in [0.25, 0.3) is 0 Å². The molecule has 3 rings (SSSR count). The van der Waals surface area contributed by atoms with E-state index in [-0.39, 0.29) is 28.8 Å². The first-order chi connectivity index (χ1) is 12.2. The highest BCUT2D eigenvalue weighted by molar-refractivity contribution is 7.99. The molecule has 5 nitrogen and oxygen atoms in total. The van der Waals surface area contributed by atoms with E-state index in [1.807, 2.05) is 0 Å². The lowest BCUT2D eigenvalue weighted by atomic mass is 9.98. The Morgan fingerprint density at radius 2 is 2.04 bits per heavy atom. The zero-order chi connectivity index (χ0) is 18.9. The highest BCUT2D eigenvalue weighted by atomic mass is 32.2. The van der Waals surface area contributed by atoms with E-state index in [1.54, 1.807) is 0 Å². The predicted molar refractivity (Wildman–Crippen MR) is 85.4 cm³/mol. The van der Waals surface area contributed by atoms with Crippen LogP contribution in [0.3, 0.4) is 0 Å². The van der Waals surface area contributed by atoms with Gasteiger partial charge in [0.2, 0.25) is 5.91 Å². The van der Waals surface area contributed by atoms with Crippen LogP contribution in [0.15, 0.2) is 29.6 Å². The molecule has 2 aromatic rings. The van der Waals surface area contributed by atoms with Crippen molar-refractivity contribution in [3.8, 4) is 0 Å². The fraction of sp³-hybridized carbons (Fsp3) is 0.250. The van der Waals surface area contributed by atoms with Gasteiger partial charge in [0.15, 0.2) is 10.9 Å². The van der Waals surface area contributed by atoms with Crippen LogP contribution in [0.2, 0.25) is 0 Å². The number of halogens is 4. The summed E-state index contributed by atoms with van der Waals surface area (Å²) in [4.78, 5) is 30.6. The van der Waals surface area contributed by atoms with Gasteiger partial charge < -0.3 is 5.32 Å². The number of anilines is 1. The average Bonchev–Trinajstić information content (AvgIpc) is 2.58. The minimum Gasteiger partial charge on any atom is -0.326 e. The first-order valence-electron chi connectivity index (χ1n) is 7.42. The summed E-state index contributed by atoms with van der Waals surface area (Å²) in [6, 6.07) is 3.16. The summed E-state index contributed by atoms with van der Waals surface area (Å²) < 4.78 is 52.0. The smallest absolute Gasteiger partial charge is 0.326 e. The van der Waals surface area contributed by atoms with Gasteiger partial charge in [0, 0.05) is 18.3 Å². The van der Waals surface area contributed by atoms with E-state index < -0.39 is 23.5 Å². The van der Waals surface area contributed by atoms with Gasteiger partial charge >= 0.3 is 6.18 Å². The molecule has 1 aliphatic rings. The number of alkyl halides is 3. The van der Waals surface area contributed by atoms with Gasteiger partial charge in [-0.15, -0.1) is 0 Å². The summed E-state index contributed by atoms with van der Waals surface area (Å²) in [6.07, 6.45) is -3.05. The highest BCUT2D eigenvalue weighted by Gasteiger charge is 2.32. The van der Waals surface area contributed by atoms with Crippen molar-refractivity contribution in [2.75, 3.05) is 11.1 Å². The molecule has 1 aliphatic heterocycles. The molecule has 0 saturated carbocycles. The molecule has 0 aliphatic carbocycles. The van der Waals surface area contributed by atoms with Crippen LogP contribution in [0.1, 0.15) is 28.0 Å². The number of fused-ring (bicyclic) bond motifs is 1. The molecule has 0 bridgehead atoms. The molecule has 0 radical (unpaired) electrons. The number of rotatable bonds is 4. The summed E-state index contributed by atoms with van der Waals surface area (Å²) in [7, 11) is 0. The summed E-state index contributed by atoms with van der Waals surface area (Å²) in [5.41, 5.74) is -0.337. The number of aromatic nitrogens is 2. The number of carbonyl (C=O) groups excluding carboxylic acids is 2. The van der Waals surface area contributed by atoms with E-state index in [9.17, 15) is 27.2 Å². The molecular formula is C16H11F4N3O2S. The first-order valence-corrected chi connectivity index (χ1v) is 8.41. The molecule has 0 saturated heterocycles. The van der Waals surface area contributed by atoms with Crippen LogP contribution in [-0.4, -0.2) is 27.4 Å². The number of thioether (sulfide) groups is 1. The number of hydrogen-bond acceptors (Lipinski definition) is 5. The van der Waals surface area contributed by atoms with Gasteiger partial charge in [-0.25, -0.2) is 14.4 Å². The lowest BCUT2D eigenvalue weighted by molar-refractivity contribution is -0.141. The zero-order valence-corrected chi connectivity index (χ0v) is 13.9. The Kier molecular flexibility index (Phi) is 4.94. The summed E-state index contributed by atoms with van der Waals surface area (Å²) in [5.74, 6) is -1.95. The Morgan fingerprint density at radius 3 is 2.77 bits per heavy atom. The number of aryl methyl sites for hydroxylation is 1. The predicted octanol–water partition coefficient (Wildman–Crippen LogP) is 3.49. The molecule has 26 heavy (non-hydrogen) atoms. The summed E-state index contributed by atoms with van der Waals surface area (Å²) in [6.45, 7) is 0. The summed E-state index contributed by atoms with van der Waals surface area (Å²) in [5, 5.41) is 2.30. The van der Waals surface area contributed by atoms with Crippen molar-refractivity contribution in [3.05, 3.63) is 47.0 Å². The van der Waals surface area contributed by atoms with Crippen molar-refractivity contribution in [1.29, 1.82) is 0 Å². The largest absolute Gasteiger partial charge is 0.433 e. The number of carbonyl (C=O) groups is 2. The molecule has 0 unspecified atom stereocenters.